The fourth-order valence-corrected chi connectivity index (χ4v) is 1.45. The quantitative estimate of drug-likeness (QED) is 0.657. The van der Waals surface area contributed by atoms with Gasteiger partial charge in [0.2, 0.25) is 0 Å². The number of ether oxygens (including phenoxy) is 2. The first-order chi connectivity index (χ1) is 7.77. The van der Waals surface area contributed by atoms with Crippen LogP contribution >= 0.6 is 0 Å². The summed E-state index contributed by atoms with van der Waals surface area (Å²) in [6.45, 7) is 4.30. The second-order valence-corrected chi connectivity index (χ2v) is 3.56. The van der Waals surface area contributed by atoms with Gasteiger partial charge in [-0.3, -0.25) is 0 Å². The van der Waals surface area contributed by atoms with Gasteiger partial charge in [-0.05, 0) is 6.92 Å². The lowest BCUT2D eigenvalue weighted by Gasteiger charge is -2.11. The van der Waals surface area contributed by atoms with Crippen LogP contribution in [0.25, 0.3) is 0 Å². The minimum absolute atomic E-state index is 0.319. The normalized spacial score (nSPS) is 12.9. The lowest BCUT2D eigenvalue weighted by molar-refractivity contribution is 0.0128. The fourth-order valence-electron chi connectivity index (χ4n) is 1.45. The molecule has 0 radical (unpaired) electrons. The molecule has 1 rings (SSSR count). The molecule has 0 aliphatic heterocycles. The Hall–Kier alpha value is -0.910. The van der Waals surface area contributed by atoms with Gasteiger partial charge in [0.15, 0.2) is 0 Å². The highest BCUT2D eigenvalue weighted by atomic mass is 16.5. The summed E-state index contributed by atoms with van der Waals surface area (Å²) in [4.78, 5) is 4.19. The molecule has 0 aliphatic carbocycles. The SMILES string of the molecule is CCn1ccnc1CC(O)COCCOC. The molecule has 92 valence electrons. The number of aliphatic hydroxyl groups excluding tert-OH is 1. The van der Waals surface area contributed by atoms with E-state index in [0.29, 0.717) is 26.2 Å². The number of aliphatic hydroxyl groups is 1. The molecule has 16 heavy (non-hydrogen) atoms. The molecule has 1 atom stereocenters. The smallest absolute Gasteiger partial charge is 0.111 e. The first kappa shape index (κ1) is 13.2. The molecule has 0 fully saturated rings. The van der Waals surface area contributed by atoms with Crippen molar-refractivity contribution in [1.29, 1.82) is 0 Å². The molecule has 0 aliphatic rings. The minimum atomic E-state index is -0.510. The van der Waals surface area contributed by atoms with Crippen LogP contribution in [-0.2, 0) is 22.4 Å². The van der Waals surface area contributed by atoms with Crippen LogP contribution in [0.4, 0.5) is 0 Å². The van der Waals surface area contributed by atoms with Crippen LogP contribution in [0.5, 0.6) is 0 Å². The van der Waals surface area contributed by atoms with Gasteiger partial charge in [-0.25, -0.2) is 4.98 Å². The molecule has 5 nitrogen and oxygen atoms in total. The third-order valence-electron chi connectivity index (χ3n) is 2.30. The minimum Gasteiger partial charge on any atom is -0.390 e. The van der Waals surface area contributed by atoms with Crippen molar-refractivity contribution < 1.29 is 14.6 Å². The molecule has 0 aromatic carbocycles. The second kappa shape index (κ2) is 7.38. The Morgan fingerprint density at radius 3 is 3.00 bits per heavy atom. The van der Waals surface area contributed by atoms with Crippen LogP contribution in [0.15, 0.2) is 12.4 Å². The van der Waals surface area contributed by atoms with Crippen LogP contribution in [0.2, 0.25) is 0 Å². The predicted molar refractivity (Wildman–Crippen MR) is 60.3 cm³/mol. The molecular formula is C11H20N2O3. The van der Waals surface area contributed by atoms with Gasteiger partial charge in [-0.1, -0.05) is 0 Å². The summed E-state index contributed by atoms with van der Waals surface area (Å²) >= 11 is 0. The average Bonchev–Trinajstić information content (AvgIpc) is 2.71. The Kier molecular flexibility index (Phi) is 6.07. The summed E-state index contributed by atoms with van der Waals surface area (Å²) in [5.41, 5.74) is 0. The maximum Gasteiger partial charge on any atom is 0.111 e. The summed E-state index contributed by atoms with van der Waals surface area (Å²) < 4.78 is 12.1. The summed E-state index contributed by atoms with van der Waals surface area (Å²) in [6.07, 6.45) is 3.67. The van der Waals surface area contributed by atoms with Gasteiger partial charge in [-0.15, -0.1) is 0 Å². The van der Waals surface area contributed by atoms with E-state index in [2.05, 4.69) is 4.98 Å². The monoisotopic (exact) mass is 228 g/mol. The van der Waals surface area contributed by atoms with Crippen molar-refractivity contribution in [3.05, 3.63) is 18.2 Å². The summed E-state index contributed by atoms with van der Waals surface area (Å²) in [7, 11) is 1.62. The zero-order valence-electron chi connectivity index (χ0n) is 9.93. The molecule has 1 aromatic rings. The maximum absolute atomic E-state index is 9.72. The van der Waals surface area contributed by atoms with E-state index in [1.165, 1.54) is 0 Å². The third-order valence-corrected chi connectivity index (χ3v) is 2.30. The average molecular weight is 228 g/mol. The first-order valence-corrected chi connectivity index (χ1v) is 5.52. The van der Waals surface area contributed by atoms with Crippen LogP contribution in [0.3, 0.4) is 0 Å². The number of hydrogen-bond donors (Lipinski definition) is 1. The van der Waals surface area contributed by atoms with E-state index in [9.17, 15) is 5.11 Å². The van der Waals surface area contributed by atoms with Gasteiger partial charge in [0.25, 0.3) is 0 Å². The topological polar surface area (TPSA) is 56.5 Å². The van der Waals surface area contributed by atoms with Gasteiger partial charge < -0.3 is 19.1 Å². The molecule has 1 unspecified atom stereocenters. The number of hydrogen-bond acceptors (Lipinski definition) is 4. The molecule has 0 amide bonds. The molecule has 0 saturated heterocycles. The van der Waals surface area contributed by atoms with E-state index in [1.54, 1.807) is 13.3 Å². The molecule has 0 bridgehead atoms. The van der Waals surface area contributed by atoms with E-state index >= 15 is 0 Å². The number of aryl methyl sites for hydroxylation is 1. The van der Waals surface area contributed by atoms with E-state index in [-0.39, 0.29) is 0 Å². The lowest BCUT2D eigenvalue weighted by Crippen LogP contribution is -2.21. The van der Waals surface area contributed by atoms with Gasteiger partial charge >= 0.3 is 0 Å². The number of imidazole rings is 1. The van der Waals surface area contributed by atoms with Gasteiger partial charge in [0, 0.05) is 32.5 Å². The molecule has 0 spiro atoms. The molecule has 5 heteroatoms. The van der Waals surface area contributed by atoms with Crippen molar-refractivity contribution in [2.45, 2.75) is 26.0 Å². The fraction of sp³-hybridized carbons (Fsp3) is 0.727. The second-order valence-electron chi connectivity index (χ2n) is 3.56. The van der Waals surface area contributed by atoms with Crippen molar-refractivity contribution >= 4 is 0 Å². The summed E-state index contributed by atoms with van der Waals surface area (Å²) in [5, 5.41) is 9.72. The molecular weight excluding hydrogens is 208 g/mol. The van der Waals surface area contributed by atoms with E-state index in [0.717, 1.165) is 12.4 Å². The number of nitrogens with zero attached hydrogens (tertiary/aromatic N) is 2. The van der Waals surface area contributed by atoms with Crippen LogP contribution < -0.4 is 0 Å². The zero-order chi connectivity index (χ0) is 11.8. The first-order valence-electron chi connectivity index (χ1n) is 5.52. The van der Waals surface area contributed by atoms with Gasteiger partial charge in [0.05, 0.1) is 25.9 Å². The number of methoxy groups -OCH3 is 1. The van der Waals surface area contributed by atoms with E-state index in [1.807, 2.05) is 17.7 Å². The van der Waals surface area contributed by atoms with Crippen molar-refractivity contribution in [1.82, 2.24) is 9.55 Å². The number of aromatic nitrogens is 2. The highest BCUT2D eigenvalue weighted by molar-refractivity contribution is 4.93. The predicted octanol–water partition coefficient (Wildman–Crippen LogP) is 0.469. The third kappa shape index (κ3) is 4.30. The number of rotatable bonds is 8. The highest BCUT2D eigenvalue weighted by Gasteiger charge is 2.09. The maximum atomic E-state index is 9.72. The Morgan fingerprint density at radius 2 is 2.31 bits per heavy atom. The summed E-state index contributed by atoms with van der Waals surface area (Å²) in [5.74, 6) is 0.894. The van der Waals surface area contributed by atoms with E-state index < -0.39 is 6.10 Å². The van der Waals surface area contributed by atoms with Crippen LogP contribution in [0, 0.1) is 0 Å². The largest absolute Gasteiger partial charge is 0.390 e. The standard InChI is InChI=1S/C11H20N2O3/c1-3-13-5-4-12-11(13)8-10(14)9-16-7-6-15-2/h4-5,10,14H,3,6-9H2,1-2H3. The zero-order valence-corrected chi connectivity index (χ0v) is 9.93. The molecule has 1 aromatic heterocycles. The van der Waals surface area contributed by atoms with Crippen molar-refractivity contribution in [3.8, 4) is 0 Å². The highest BCUT2D eigenvalue weighted by Crippen LogP contribution is 2.02. The molecule has 1 N–H and O–H groups in total. The Balaban J connectivity index is 2.25. The molecule has 1 heterocycles. The van der Waals surface area contributed by atoms with Crippen molar-refractivity contribution in [3.63, 3.8) is 0 Å². The lowest BCUT2D eigenvalue weighted by atomic mass is 10.2. The Labute approximate surface area is 96.0 Å². The summed E-state index contributed by atoms with van der Waals surface area (Å²) in [6, 6.07) is 0. The van der Waals surface area contributed by atoms with Gasteiger partial charge in [-0.2, -0.15) is 0 Å². The molecule has 0 saturated carbocycles. The Morgan fingerprint density at radius 1 is 1.50 bits per heavy atom. The Bertz CT molecular complexity index is 289. The van der Waals surface area contributed by atoms with Crippen molar-refractivity contribution in [2.24, 2.45) is 0 Å². The van der Waals surface area contributed by atoms with E-state index in [4.69, 9.17) is 9.47 Å². The van der Waals surface area contributed by atoms with Crippen LogP contribution in [0.1, 0.15) is 12.7 Å². The van der Waals surface area contributed by atoms with Crippen LogP contribution in [-0.4, -0.2) is 47.7 Å². The van der Waals surface area contributed by atoms with Crippen molar-refractivity contribution in [2.75, 3.05) is 26.9 Å². The van der Waals surface area contributed by atoms with Gasteiger partial charge in [0.1, 0.15) is 5.82 Å².